The summed E-state index contributed by atoms with van der Waals surface area (Å²) in [5.74, 6) is 1.71. The molecule has 0 aromatic heterocycles. The molecule has 130 valence electrons. The summed E-state index contributed by atoms with van der Waals surface area (Å²) < 4.78 is 0. The van der Waals surface area contributed by atoms with Gasteiger partial charge in [0.05, 0.1) is 0 Å². The van der Waals surface area contributed by atoms with Crippen LogP contribution >= 0.6 is 0 Å². The van der Waals surface area contributed by atoms with Crippen molar-refractivity contribution in [1.82, 2.24) is 10.2 Å². The quantitative estimate of drug-likeness (QED) is 0.792. The molecule has 0 bridgehead atoms. The lowest BCUT2D eigenvalue weighted by Gasteiger charge is -2.49. The summed E-state index contributed by atoms with van der Waals surface area (Å²) in [6, 6.07) is 2.26. The lowest BCUT2D eigenvalue weighted by Crippen LogP contribution is -2.52. The van der Waals surface area contributed by atoms with Gasteiger partial charge in [0.2, 0.25) is 0 Å². The molecule has 2 fully saturated rings. The Hall–Kier alpha value is -0.0800. The van der Waals surface area contributed by atoms with Crippen molar-refractivity contribution >= 4 is 0 Å². The highest BCUT2D eigenvalue weighted by Gasteiger charge is 2.40. The summed E-state index contributed by atoms with van der Waals surface area (Å²) in [7, 11) is 2.34. The zero-order chi connectivity index (χ0) is 16.3. The first-order chi connectivity index (χ1) is 10.4. The van der Waals surface area contributed by atoms with E-state index in [-0.39, 0.29) is 0 Å². The van der Waals surface area contributed by atoms with Gasteiger partial charge < -0.3 is 10.2 Å². The second-order valence-corrected chi connectivity index (χ2v) is 8.83. The summed E-state index contributed by atoms with van der Waals surface area (Å²) in [6.07, 6.45) is 9.53. The van der Waals surface area contributed by atoms with Gasteiger partial charge in [0.1, 0.15) is 0 Å². The lowest BCUT2D eigenvalue weighted by molar-refractivity contribution is 0.0219. The molecule has 2 heterocycles. The fraction of sp³-hybridized carbons (Fsp3) is 1.00. The van der Waals surface area contributed by atoms with Crippen LogP contribution in [0.25, 0.3) is 0 Å². The van der Waals surface area contributed by atoms with Crippen molar-refractivity contribution in [1.29, 1.82) is 0 Å². The summed E-state index contributed by atoms with van der Waals surface area (Å²) in [5, 5.41) is 3.98. The first-order valence-electron chi connectivity index (χ1n) is 9.85. The zero-order valence-electron chi connectivity index (χ0n) is 16.0. The Bertz CT molecular complexity index is 339. The van der Waals surface area contributed by atoms with Crippen LogP contribution in [-0.4, -0.2) is 36.6 Å². The van der Waals surface area contributed by atoms with Crippen LogP contribution < -0.4 is 5.32 Å². The summed E-state index contributed by atoms with van der Waals surface area (Å²) in [5.41, 5.74) is 0.450. The molecule has 0 aliphatic carbocycles. The Morgan fingerprint density at radius 3 is 2.45 bits per heavy atom. The number of hydrogen-bond acceptors (Lipinski definition) is 2. The minimum atomic E-state index is 0.450. The van der Waals surface area contributed by atoms with Gasteiger partial charge in [0, 0.05) is 18.1 Å². The molecule has 2 heteroatoms. The van der Waals surface area contributed by atoms with Crippen molar-refractivity contribution in [2.24, 2.45) is 17.3 Å². The molecule has 3 unspecified atom stereocenters. The SMILES string of the molecule is CCC1C(C(C)(C)CC2CC[C@H](C)[C@H](CC)N2)CCCN1C. The molecule has 0 spiro atoms. The van der Waals surface area contributed by atoms with Crippen molar-refractivity contribution in [3.8, 4) is 0 Å². The van der Waals surface area contributed by atoms with E-state index in [1.807, 2.05) is 0 Å². The van der Waals surface area contributed by atoms with Gasteiger partial charge in [-0.1, -0.05) is 34.6 Å². The van der Waals surface area contributed by atoms with Gasteiger partial charge in [-0.2, -0.15) is 0 Å². The molecule has 0 aromatic rings. The Morgan fingerprint density at radius 1 is 1.09 bits per heavy atom. The number of piperidine rings is 2. The van der Waals surface area contributed by atoms with E-state index in [0.29, 0.717) is 5.41 Å². The van der Waals surface area contributed by atoms with E-state index < -0.39 is 0 Å². The Morgan fingerprint density at radius 2 is 1.82 bits per heavy atom. The summed E-state index contributed by atoms with van der Waals surface area (Å²) in [4.78, 5) is 2.63. The highest BCUT2D eigenvalue weighted by molar-refractivity contribution is 4.94. The number of nitrogens with zero attached hydrogens (tertiary/aromatic N) is 1. The normalized spacial score (nSPS) is 38.2. The molecule has 2 nitrogen and oxygen atoms in total. The minimum Gasteiger partial charge on any atom is -0.311 e. The van der Waals surface area contributed by atoms with Crippen molar-refractivity contribution in [3.05, 3.63) is 0 Å². The maximum absolute atomic E-state index is 3.98. The maximum atomic E-state index is 3.98. The van der Waals surface area contributed by atoms with Gasteiger partial charge >= 0.3 is 0 Å². The van der Waals surface area contributed by atoms with Gasteiger partial charge in [-0.25, -0.2) is 0 Å². The molecular weight excluding hydrogens is 268 g/mol. The highest BCUT2D eigenvalue weighted by atomic mass is 15.1. The molecule has 1 N–H and O–H groups in total. The van der Waals surface area contributed by atoms with Crippen molar-refractivity contribution < 1.29 is 0 Å². The first-order valence-corrected chi connectivity index (χ1v) is 9.85. The van der Waals surface area contributed by atoms with Crippen LogP contribution in [0.15, 0.2) is 0 Å². The molecule has 5 atom stereocenters. The van der Waals surface area contributed by atoms with Crippen LogP contribution in [0.3, 0.4) is 0 Å². The molecule has 2 rings (SSSR count). The fourth-order valence-corrected chi connectivity index (χ4v) is 5.42. The third-order valence-electron chi connectivity index (χ3n) is 6.80. The van der Waals surface area contributed by atoms with E-state index in [9.17, 15) is 0 Å². The number of likely N-dealkylation sites (tertiary alicyclic amines) is 1. The van der Waals surface area contributed by atoms with Crippen LogP contribution in [0, 0.1) is 17.3 Å². The van der Waals surface area contributed by atoms with Crippen molar-refractivity contribution in [2.45, 2.75) is 97.7 Å². The monoisotopic (exact) mass is 308 g/mol. The van der Waals surface area contributed by atoms with Crippen LogP contribution in [-0.2, 0) is 0 Å². The van der Waals surface area contributed by atoms with Gasteiger partial charge in [-0.3, -0.25) is 0 Å². The number of nitrogens with one attached hydrogen (secondary N) is 1. The molecule has 0 radical (unpaired) electrons. The van der Waals surface area contributed by atoms with E-state index in [2.05, 4.69) is 51.9 Å². The smallest absolute Gasteiger partial charge is 0.0123 e. The first kappa shape index (κ1) is 18.3. The van der Waals surface area contributed by atoms with E-state index in [4.69, 9.17) is 0 Å². The number of rotatable bonds is 5. The molecular formula is C20H40N2. The van der Waals surface area contributed by atoms with E-state index in [1.54, 1.807) is 0 Å². The third kappa shape index (κ3) is 4.06. The van der Waals surface area contributed by atoms with E-state index in [0.717, 1.165) is 30.0 Å². The second-order valence-electron chi connectivity index (χ2n) is 8.83. The second kappa shape index (κ2) is 7.66. The van der Waals surface area contributed by atoms with Crippen molar-refractivity contribution in [3.63, 3.8) is 0 Å². The van der Waals surface area contributed by atoms with Gasteiger partial charge in [0.15, 0.2) is 0 Å². The lowest BCUT2D eigenvalue weighted by atomic mass is 9.66. The van der Waals surface area contributed by atoms with E-state index >= 15 is 0 Å². The summed E-state index contributed by atoms with van der Waals surface area (Å²) >= 11 is 0. The average molecular weight is 309 g/mol. The fourth-order valence-electron chi connectivity index (χ4n) is 5.42. The predicted octanol–water partition coefficient (Wildman–Crippen LogP) is 4.69. The largest absolute Gasteiger partial charge is 0.311 e. The van der Waals surface area contributed by atoms with Crippen LogP contribution in [0.4, 0.5) is 0 Å². The predicted molar refractivity (Wildman–Crippen MR) is 97.2 cm³/mol. The molecule has 2 aliphatic heterocycles. The van der Waals surface area contributed by atoms with E-state index in [1.165, 1.54) is 51.5 Å². The van der Waals surface area contributed by atoms with Gasteiger partial charge in [-0.15, -0.1) is 0 Å². The molecule has 2 aliphatic rings. The van der Waals surface area contributed by atoms with Crippen LogP contribution in [0.1, 0.15) is 79.6 Å². The van der Waals surface area contributed by atoms with Crippen LogP contribution in [0.2, 0.25) is 0 Å². The Labute approximate surface area is 139 Å². The summed E-state index contributed by atoms with van der Waals surface area (Å²) in [6.45, 7) is 13.5. The number of hydrogen-bond donors (Lipinski definition) is 1. The molecule has 0 saturated carbocycles. The Balaban J connectivity index is 2.00. The van der Waals surface area contributed by atoms with Gasteiger partial charge in [0.25, 0.3) is 0 Å². The molecule has 0 aromatic carbocycles. The molecule has 22 heavy (non-hydrogen) atoms. The topological polar surface area (TPSA) is 15.3 Å². The average Bonchev–Trinajstić information content (AvgIpc) is 2.48. The van der Waals surface area contributed by atoms with Crippen LogP contribution in [0.5, 0.6) is 0 Å². The standard InChI is InChI=1S/C20H40N2/c1-7-18-15(3)11-12-16(21-18)14-20(4,5)17-10-9-13-22(6)19(17)8-2/h15-19,21H,7-14H2,1-6H3/t15-,16?,17?,18-,19?/m0/s1. The maximum Gasteiger partial charge on any atom is 0.0123 e. The van der Waals surface area contributed by atoms with Gasteiger partial charge in [-0.05, 0) is 75.8 Å². The Kier molecular flexibility index (Phi) is 6.36. The highest BCUT2D eigenvalue weighted by Crippen LogP contribution is 2.43. The third-order valence-corrected chi connectivity index (χ3v) is 6.80. The molecule has 0 amide bonds. The minimum absolute atomic E-state index is 0.450. The van der Waals surface area contributed by atoms with Crippen molar-refractivity contribution in [2.75, 3.05) is 13.6 Å². The molecule has 2 saturated heterocycles. The zero-order valence-corrected chi connectivity index (χ0v) is 16.0.